The molecule has 0 radical (unpaired) electrons. The molecule has 2 rings (SSSR count). The monoisotopic (exact) mass is 348 g/mol. The lowest BCUT2D eigenvalue weighted by Crippen LogP contribution is -2.33. The smallest absolute Gasteiger partial charge is 0.0471 e. The highest BCUT2D eigenvalue weighted by atomic mass is 79.9. The molecule has 0 amide bonds. The molecule has 0 spiro atoms. The minimum absolute atomic E-state index is 0.426. The molecule has 0 atom stereocenters. The molecule has 18 heavy (non-hydrogen) atoms. The van der Waals surface area contributed by atoms with Gasteiger partial charge in [0.05, 0.1) is 0 Å². The molecule has 1 aliphatic heterocycles. The third kappa shape index (κ3) is 4.16. The zero-order chi connectivity index (χ0) is 12.8. The van der Waals surface area contributed by atoms with Crippen LogP contribution in [0.4, 0.5) is 0 Å². The second-order valence-electron chi connectivity index (χ2n) is 4.87. The first-order valence-electron chi connectivity index (χ1n) is 6.20. The Hall–Kier alpha value is 0.300. The van der Waals surface area contributed by atoms with Crippen LogP contribution in [0.5, 0.6) is 0 Å². The van der Waals surface area contributed by atoms with E-state index in [2.05, 4.69) is 28.1 Å². The highest BCUT2D eigenvalue weighted by Crippen LogP contribution is 2.36. The largest absolute Gasteiger partial charge is 0.381 e. The summed E-state index contributed by atoms with van der Waals surface area (Å²) in [5.74, 6) is 2.26. The molecule has 1 nitrogen and oxygen atoms in total. The molecular formula is C14H18BrClOS. The Balaban J connectivity index is 1.81. The molecular weight excluding hydrogens is 332 g/mol. The fourth-order valence-electron chi connectivity index (χ4n) is 2.09. The molecule has 1 aliphatic rings. The number of benzene rings is 1. The second kappa shape index (κ2) is 7.18. The van der Waals surface area contributed by atoms with Crippen molar-refractivity contribution in [3.8, 4) is 0 Å². The lowest BCUT2D eigenvalue weighted by Gasteiger charge is -2.35. The van der Waals surface area contributed by atoms with E-state index < -0.39 is 0 Å². The molecule has 4 heteroatoms. The number of thioether (sulfide) groups is 1. The van der Waals surface area contributed by atoms with E-state index in [9.17, 15) is 0 Å². The molecule has 0 unspecified atom stereocenters. The molecule has 1 fully saturated rings. The van der Waals surface area contributed by atoms with Crippen LogP contribution in [0.3, 0.4) is 0 Å². The summed E-state index contributed by atoms with van der Waals surface area (Å²) in [6.07, 6.45) is 2.34. The molecule has 100 valence electrons. The van der Waals surface area contributed by atoms with Crippen LogP contribution in [-0.4, -0.2) is 24.3 Å². The van der Waals surface area contributed by atoms with Gasteiger partial charge in [0, 0.05) is 35.1 Å². The van der Waals surface area contributed by atoms with Crippen molar-refractivity contribution in [2.45, 2.75) is 18.6 Å². The van der Waals surface area contributed by atoms with Crippen molar-refractivity contribution in [1.29, 1.82) is 0 Å². The van der Waals surface area contributed by atoms with Gasteiger partial charge in [-0.15, -0.1) is 0 Å². The first kappa shape index (κ1) is 14.7. The van der Waals surface area contributed by atoms with Crippen LogP contribution in [0, 0.1) is 5.41 Å². The Labute approximate surface area is 127 Å². The van der Waals surface area contributed by atoms with E-state index in [0.717, 1.165) is 29.3 Å². The van der Waals surface area contributed by atoms with E-state index in [-0.39, 0.29) is 0 Å². The van der Waals surface area contributed by atoms with E-state index in [4.69, 9.17) is 16.3 Å². The van der Waals surface area contributed by atoms with Gasteiger partial charge in [0.25, 0.3) is 0 Å². The fraction of sp³-hybridized carbons (Fsp3) is 0.571. The number of hydrogen-bond acceptors (Lipinski definition) is 2. The number of rotatable bonds is 5. The summed E-state index contributed by atoms with van der Waals surface area (Å²) in [5.41, 5.74) is 1.77. The average Bonchev–Trinajstić information content (AvgIpc) is 2.42. The molecule has 1 heterocycles. The zero-order valence-electron chi connectivity index (χ0n) is 10.3. The number of alkyl halides is 1. The third-order valence-corrected chi connectivity index (χ3v) is 6.22. The maximum atomic E-state index is 5.89. The van der Waals surface area contributed by atoms with Gasteiger partial charge in [0.15, 0.2) is 0 Å². The summed E-state index contributed by atoms with van der Waals surface area (Å²) in [5, 5.41) is 1.89. The van der Waals surface area contributed by atoms with Crippen LogP contribution in [0.1, 0.15) is 18.4 Å². The van der Waals surface area contributed by atoms with Crippen molar-refractivity contribution >= 4 is 39.3 Å². The van der Waals surface area contributed by atoms with Gasteiger partial charge in [-0.3, -0.25) is 0 Å². The van der Waals surface area contributed by atoms with Crippen LogP contribution in [0.2, 0.25) is 5.02 Å². The fourth-order valence-corrected chi connectivity index (χ4v) is 4.59. The Bertz CT molecular complexity index is 363. The van der Waals surface area contributed by atoms with E-state index in [1.807, 2.05) is 23.9 Å². The van der Waals surface area contributed by atoms with Crippen molar-refractivity contribution in [3.63, 3.8) is 0 Å². The lowest BCUT2D eigenvalue weighted by molar-refractivity contribution is 0.0374. The van der Waals surface area contributed by atoms with Gasteiger partial charge in [-0.2, -0.15) is 11.8 Å². The van der Waals surface area contributed by atoms with Crippen LogP contribution in [-0.2, 0) is 10.5 Å². The van der Waals surface area contributed by atoms with Crippen molar-refractivity contribution in [2.24, 2.45) is 5.41 Å². The van der Waals surface area contributed by atoms with Crippen molar-refractivity contribution in [1.82, 2.24) is 0 Å². The van der Waals surface area contributed by atoms with E-state index in [1.165, 1.54) is 24.2 Å². The van der Waals surface area contributed by atoms with Crippen LogP contribution < -0.4 is 0 Å². The maximum absolute atomic E-state index is 5.89. The molecule has 1 aromatic rings. The van der Waals surface area contributed by atoms with Gasteiger partial charge >= 0.3 is 0 Å². The Kier molecular flexibility index (Phi) is 5.87. The van der Waals surface area contributed by atoms with Crippen LogP contribution >= 0.6 is 39.3 Å². The molecule has 1 aromatic carbocycles. The van der Waals surface area contributed by atoms with E-state index in [1.54, 1.807) is 0 Å². The Morgan fingerprint density at radius 3 is 2.50 bits per heavy atom. The summed E-state index contributed by atoms with van der Waals surface area (Å²) in [6, 6.07) is 8.15. The summed E-state index contributed by atoms with van der Waals surface area (Å²) in [4.78, 5) is 0. The first-order chi connectivity index (χ1) is 8.74. The number of halogens is 2. The number of hydrogen-bond donors (Lipinski definition) is 0. The lowest BCUT2D eigenvalue weighted by atomic mass is 9.85. The van der Waals surface area contributed by atoms with Gasteiger partial charge < -0.3 is 4.74 Å². The first-order valence-corrected chi connectivity index (χ1v) is 8.85. The maximum Gasteiger partial charge on any atom is 0.0471 e. The normalized spacial score (nSPS) is 18.8. The Morgan fingerprint density at radius 2 is 1.89 bits per heavy atom. The van der Waals surface area contributed by atoms with Crippen molar-refractivity contribution < 1.29 is 4.74 Å². The standard InChI is InChI=1S/C14H18BrClOS/c15-10-14(5-7-17-8-6-14)11-18-9-12-1-3-13(16)4-2-12/h1-4H,5-11H2. The summed E-state index contributed by atoms with van der Waals surface area (Å²) in [6.45, 7) is 1.82. The summed E-state index contributed by atoms with van der Waals surface area (Å²) >= 11 is 11.6. The van der Waals surface area contributed by atoms with E-state index in [0.29, 0.717) is 5.41 Å². The molecule has 0 bridgehead atoms. The number of ether oxygens (including phenoxy) is 1. The minimum Gasteiger partial charge on any atom is -0.381 e. The predicted molar refractivity (Wildman–Crippen MR) is 83.9 cm³/mol. The van der Waals surface area contributed by atoms with Crippen molar-refractivity contribution in [2.75, 3.05) is 24.3 Å². The molecule has 0 aliphatic carbocycles. The van der Waals surface area contributed by atoms with Crippen molar-refractivity contribution in [3.05, 3.63) is 34.9 Å². The van der Waals surface area contributed by atoms with Gasteiger partial charge in [0.1, 0.15) is 0 Å². The zero-order valence-corrected chi connectivity index (χ0v) is 13.5. The highest BCUT2D eigenvalue weighted by molar-refractivity contribution is 9.09. The highest BCUT2D eigenvalue weighted by Gasteiger charge is 2.31. The van der Waals surface area contributed by atoms with Gasteiger partial charge in [-0.25, -0.2) is 0 Å². The van der Waals surface area contributed by atoms with Crippen LogP contribution in [0.25, 0.3) is 0 Å². The van der Waals surface area contributed by atoms with Gasteiger partial charge in [0.2, 0.25) is 0 Å². The SMILES string of the molecule is Clc1ccc(CSCC2(CBr)CCOCC2)cc1. The summed E-state index contributed by atoms with van der Waals surface area (Å²) in [7, 11) is 0. The second-order valence-corrected chi connectivity index (χ2v) is 6.85. The molecule has 0 N–H and O–H groups in total. The minimum atomic E-state index is 0.426. The molecule has 0 saturated carbocycles. The quantitative estimate of drug-likeness (QED) is 0.708. The average molecular weight is 350 g/mol. The summed E-state index contributed by atoms with van der Waals surface area (Å²) < 4.78 is 5.46. The van der Waals surface area contributed by atoms with E-state index >= 15 is 0 Å². The van der Waals surface area contributed by atoms with Gasteiger partial charge in [-0.05, 0) is 36.0 Å². The molecule has 0 aromatic heterocycles. The third-order valence-electron chi connectivity index (χ3n) is 3.43. The molecule has 1 saturated heterocycles. The van der Waals surface area contributed by atoms with Gasteiger partial charge in [-0.1, -0.05) is 39.7 Å². The predicted octanol–water partition coefficient (Wildman–Crippen LogP) is 4.76. The topological polar surface area (TPSA) is 9.23 Å². The Morgan fingerprint density at radius 1 is 1.22 bits per heavy atom. The van der Waals surface area contributed by atoms with Crippen LogP contribution in [0.15, 0.2) is 24.3 Å².